The number of aliphatic carboxylic acids is 1. The minimum Gasteiger partial charge on any atom is -0.480 e. The van der Waals surface area contributed by atoms with Gasteiger partial charge in [-0.05, 0) is 12.0 Å². The van der Waals surface area contributed by atoms with Gasteiger partial charge in [-0.1, -0.05) is 32.0 Å². The summed E-state index contributed by atoms with van der Waals surface area (Å²) in [6, 6.07) is 6.42. The van der Waals surface area contributed by atoms with Crippen molar-refractivity contribution in [3.8, 4) is 5.75 Å². The summed E-state index contributed by atoms with van der Waals surface area (Å²) in [5.74, 6) is -0.861. The maximum atomic E-state index is 11.1. The fraction of sp³-hybridized carbons (Fsp3) is 0.429. The predicted molar refractivity (Wildman–Crippen MR) is 70.9 cm³/mol. The zero-order chi connectivity index (χ0) is 14.4. The zero-order valence-electron chi connectivity index (χ0n) is 11.3. The Bertz CT molecular complexity index is 457. The first-order valence-electron chi connectivity index (χ1n) is 6.14. The molecule has 0 aliphatic heterocycles. The maximum Gasteiger partial charge on any atom is 0.320 e. The van der Waals surface area contributed by atoms with Crippen molar-refractivity contribution < 1.29 is 19.4 Å². The van der Waals surface area contributed by atoms with E-state index in [2.05, 4.69) is 5.32 Å². The molecule has 0 fully saturated rings. The molecule has 2 N–H and O–H groups in total. The van der Waals surface area contributed by atoms with Crippen LogP contribution in [0, 0.1) is 5.92 Å². The largest absolute Gasteiger partial charge is 0.480 e. The van der Waals surface area contributed by atoms with E-state index in [1.807, 2.05) is 19.9 Å². The molecule has 1 atom stereocenters. The summed E-state index contributed by atoms with van der Waals surface area (Å²) in [5.41, 5.74) is 0.754. The molecule has 1 aromatic carbocycles. The Morgan fingerprint density at radius 3 is 2.47 bits per heavy atom. The van der Waals surface area contributed by atoms with Crippen LogP contribution in [0.3, 0.4) is 0 Å². The molecule has 0 saturated carbocycles. The standard InChI is InChI=1S/C14H19NO4/c1-9(2)13(14(17)18)15-8-11-6-4-5-7-12(11)19-10(3)16/h4-7,9,13,15H,8H2,1-3H3,(H,17,18). The van der Waals surface area contributed by atoms with Crippen molar-refractivity contribution >= 4 is 11.9 Å². The number of carbonyl (C=O) groups is 2. The first-order valence-corrected chi connectivity index (χ1v) is 6.14. The normalized spacial score (nSPS) is 12.2. The lowest BCUT2D eigenvalue weighted by atomic mass is 10.0. The van der Waals surface area contributed by atoms with Crippen molar-refractivity contribution in [1.29, 1.82) is 0 Å². The summed E-state index contributed by atoms with van der Waals surface area (Å²) in [6.45, 7) is 5.34. The number of rotatable bonds is 6. The Morgan fingerprint density at radius 2 is 1.95 bits per heavy atom. The number of hydrogen-bond donors (Lipinski definition) is 2. The fourth-order valence-electron chi connectivity index (χ4n) is 1.73. The third-order valence-corrected chi connectivity index (χ3v) is 2.67. The highest BCUT2D eigenvalue weighted by Crippen LogP contribution is 2.18. The molecule has 0 bridgehead atoms. The number of carboxylic acids is 1. The summed E-state index contributed by atoms with van der Waals surface area (Å²) >= 11 is 0. The number of para-hydroxylation sites is 1. The fourth-order valence-corrected chi connectivity index (χ4v) is 1.73. The lowest BCUT2D eigenvalue weighted by Gasteiger charge is -2.18. The number of hydrogen-bond acceptors (Lipinski definition) is 4. The van der Waals surface area contributed by atoms with Crippen LogP contribution in [0.25, 0.3) is 0 Å². The molecule has 0 aliphatic rings. The van der Waals surface area contributed by atoms with Gasteiger partial charge >= 0.3 is 11.9 Å². The number of benzene rings is 1. The van der Waals surface area contributed by atoms with E-state index >= 15 is 0 Å². The van der Waals surface area contributed by atoms with Crippen LogP contribution in [0.2, 0.25) is 0 Å². The summed E-state index contributed by atoms with van der Waals surface area (Å²) in [7, 11) is 0. The molecule has 104 valence electrons. The third kappa shape index (κ3) is 4.71. The van der Waals surface area contributed by atoms with Gasteiger partial charge in [0.2, 0.25) is 0 Å². The van der Waals surface area contributed by atoms with E-state index in [0.29, 0.717) is 12.3 Å². The minimum absolute atomic E-state index is 0.0293. The molecular formula is C14H19NO4. The third-order valence-electron chi connectivity index (χ3n) is 2.67. The van der Waals surface area contributed by atoms with Gasteiger partial charge in [-0.15, -0.1) is 0 Å². The first kappa shape index (κ1) is 15.2. The molecule has 5 heteroatoms. The van der Waals surface area contributed by atoms with E-state index in [-0.39, 0.29) is 5.92 Å². The van der Waals surface area contributed by atoms with Crippen molar-refractivity contribution in [3.05, 3.63) is 29.8 Å². The van der Waals surface area contributed by atoms with Crippen molar-refractivity contribution in [2.24, 2.45) is 5.92 Å². The Balaban J connectivity index is 2.76. The van der Waals surface area contributed by atoms with E-state index in [9.17, 15) is 9.59 Å². The summed E-state index contributed by atoms with van der Waals surface area (Å²) in [5, 5.41) is 12.0. The minimum atomic E-state index is -0.889. The van der Waals surface area contributed by atoms with E-state index in [4.69, 9.17) is 9.84 Å². The van der Waals surface area contributed by atoms with Crippen LogP contribution in [0.15, 0.2) is 24.3 Å². The summed E-state index contributed by atoms with van der Waals surface area (Å²) in [4.78, 5) is 22.1. The van der Waals surface area contributed by atoms with Crippen molar-refractivity contribution in [2.75, 3.05) is 0 Å². The molecule has 0 spiro atoms. The van der Waals surface area contributed by atoms with Gasteiger partial charge in [0.15, 0.2) is 0 Å². The van der Waals surface area contributed by atoms with E-state index < -0.39 is 18.0 Å². The molecule has 19 heavy (non-hydrogen) atoms. The number of esters is 1. The van der Waals surface area contributed by atoms with Gasteiger partial charge in [-0.3, -0.25) is 14.9 Å². The van der Waals surface area contributed by atoms with Gasteiger partial charge in [0, 0.05) is 19.0 Å². The van der Waals surface area contributed by atoms with Crippen LogP contribution in [-0.2, 0) is 16.1 Å². The van der Waals surface area contributed by atoms with Gasteiger partial charge in [0.25, 0.3) is 0 Å². The smallest absolute Gasteiger partial charge is 0.320 e. The Morgan fingerprint density at radius 1 is 1.32 bits per heavy atom. The second-order valence-electron chi connectivity index (χ2n) is 4.64. The average molecular weight is 265 g/mol. The Kier molecular flexibility index (Phi) is 5.51. The highest BCUT2D eigenvalue weighted by Gasteiger charge is 2.21. The molecule has 0 radical (unpaired) electrons. The maximum absolute atomic E-state index is 11.1. The molecule has 5 nitrogen and oxygen atoms in total. The second-order valence-corrected chi connectivity index (χ2v) is 4.64. The highest BCUT2D eigenvalue weighted by atomic mass is 16.5. The monoisotopic (exact) mass is 265 g/mol. The van der Waals surface area contributed by atoms with Crippen molar-refractivity contribution in [3.63, 3.8) is 0 Å². The SMILES string of the molecule is CC(=O)Oc1ccccc1CNC(C(=O)O)C(C)C. The van der Waals surface area contributed by atoms with Gasteiger partial charge in [0.1, 0.15) is 11.8 Å². The number of nitrogens with one attached hydrogen (secondary N) is 1. The molecule has 1 rings (SSSR count). The topological polar surface area (TPSA) is 75.6 Å². The molecule has 1 unspecified atom stereocenters. The van der Waals surface area contributed by atoms with Crippen LogP contribution in [0.1, 0.15) is 26.3 Å². The summed E-state index contributed by atoms with van der Waals surface area (Å²) in [6.07, 6.45) is 0. The van der Waals surface area contributed by atoms with E-state index in [1.54, 1.807) is 18.2 Å². The highest BCUT2D eigenvalue weighted by molar-refractivity contribution is 5.73. The van der Waals surface area contributed by atoms with Gasteiger partial charge in [-0.2, -0.15) is 0 Å². The molecule has 0 heterocycles. The van der Waals surface area contributed by atoms with Crippen LogP contribution < -0.4 is 10.1 Å². The van der Waals surface area contributed by atoms with Crippen LogP contribution in [0.5, 0.6) is 5.75 Å². The van der Waals surface area contributed by atoms with Crippen molar-refractivity contribution in [2.45, 2.75) is 33.4 Å². The van der Waals surface area contributed by atoms with Crippen molar-refractivity contribution in [1.82, 2.24) is 5.32 Å². The molecule has 0 aromatic heterocycles. The second kappa shape index (κ2) is 6.89. The molecular weight excluding hydrogens is 246 g/mol. The van der Waals surface area contributed by atoms with Gasteiger partial charge in [0.05, 0.1) is 0 Å². The Labute approximate surface area is 112 Å². The molecule has 0 aliphatic carbocycles. The lowest BCUT2D eigenvalue weighted by Crippen LogP contribution is -2.40. The zero-order valence-corrected chi connectivity index (χ0v) is 11.3. The number of ether oxygens (including phenoxy) is 1. The van der Waals surface area contributed by atoms with Crippen LogP contribution >= 0.6 is 0 Å². The van der Waals surface area contributed by atoms with Gasteiger partial charge in [-0.25, -0.2) is 0 Å². The molecule has 0 amide bonds. The van der Waals surface area contributed by atoms with Crippen LogP contribution in [0.4, 0.5) is 0 Å². The lowest BCUT2D eigenvalue weighted by molar-refractivity contribution is -0.140. The van der Waals surface area contributed by atoms with E-state index in [0.717, 1.165) is 5.56 Å². The first-order chi connectivity index (χ1) is 8.91. The number of carbonyl (C=O) groups excluding carboxylic acids is 1. The van der Waals surface area contributed by atoms with Gasteiger partial charge < -0.3 is 9.84 Å². The predicted octanol–water partition coefficient (Wildman–Crippen LogP) is 1.81. The quantitative estimate of drug-likeness (QED) is 0.606. The summed E-state index contributed by atoms with van der Waals surface area (Å²) < 4.78 is 5.07. The Hall–Kier alpha value is -1.88. The van der Waals surface area contributed by atoms with E-state index in [1.165, 1.54) is 6.92 Å². The number of carboxylic acid groups (broad SMARTS) is 1. The molecule has 1 aromatic rings. The van der Waals surface area contributed by atoms with Crippen LogP contribution in [-0.4, -0.2) is 23.1 Å². The molecule has 0 saturated heterocycles. The average Bonchev–Trinajstić information content (AvgIpc) is 2.29.